The zero-order chi connectivity index (χ0) is 19.2. The van der Waals surface area contributed by atoms with E-state index in [0.717, 1.165) is 30.0 Å². The van der Waals surface area contributed by atoms with Gasteiger partial charge < -0.3 is 4.74 Å². The second kappa shape index (κ2) is 13.1. The summed E-state index contributed by atoms with van der Waals surface area (Å²) in [6.07, 6.45) is 13.3. The third-order valence-electron chi connectivity index (χ3n) is 4.76. The Morgan fingerprint density at radius 2 is 1.41 bits per heavy atom. The molecule has 27 heavy (non-hydrogen) atoms. The first-order chi connectivity index (χ1) is 13.3. The highest BCUT2D eigenvalue weighted by Gasteiger charge is 1.96. The van der Waals surface area contributed by atoms with E-state index in [9.17, 15) is 0 Å². The lowest BCUT2D eigenvalue weighted by atomic mass is 10.1. The first-order valence-electron chi connectivity index (χ1n) is 10.7. The molecule has 2 heteroatoms. The standard InChI is InChI=1S/C25H35NO/c1-3-5-7-8-9-11-22-12-16-24(17-13-22)26-21-23-14-18-25(19-15-23)27-20-10-6-4-2/h12-19,21H,3-11,20H2,1-2H3/b26-21+. The molecule has 0 saturated heterocycles. The van der Waals surface area contributed by atoms with Gasteiger partial charge in [0.1, 0.15) is 5.75 Å². The van der Waals surface area contributed by atoms with Crippen LogP contribution in [0.2, 0.25) is 0 Å². The van der Waals surface area contributed by atoms with Crippen LogP contribution in [0.25, 0.3) is 0 Å². The molecule has 0 bridgehead atoms. The Bertz CT molecular complexity index is 643. The predicted octanol–water partition coefficient (Wildman–Crippen LogP) is 7.52. The lowest BCUT2D eigenvalue weighted by Crippen LogP contribution is -1.96. The third-order valence-corrected chi connectivity index (χ3v) is 4.76. The van der Waals surface area contributed by atoms with Crippen LogP contribution in [-0.2, 0) is 6.42 Å². The van der Waals surface area contributed by atoms with Gasteiger partial charge in [-0.2, -0.15) is 0 Å². The largest absolute Gasteiger partial charge is 0.494 e. The first-order valence-corrected chi connectivity index (χ1v) is 10.7. The smallest absolute Gasteiger partial charge is 0.119 e. The maximum atomic E-state index is 5.75. The molecule has 0 heterocycles. The van der Waals surface area contributed by atoms with Gasteiger partial charge in [-0.05, 0) is 66.8 Å². The SMILES string of the molecule is CCCCCCCc1ccc(/N=C/c2ccc(OCCCCC)cc2)cc1. The van der Waals surface area contributed by atoms with Crippen molar-refractivity contribution < 1.29 is 4.74 Å². The molecule has 0 N–H and O–H groups in total. The molecule has 146 valence electrons. The number of rotatable bonds is 13. The Kier molecular flexibility index (Phi) is 10.3. The van der Waals surface area contributed by atoms with Crippen molar-refractivity contribution >= 4 is 11.9 Å². The number of ether oxygens (including phenoxy) is 1. The summed E-state index contributed by atoms with van der Waals surface area (Å²) in [4.78, 5) is 4.59. The van der Waals surface area contributed by atoms with Crippen LogP contribution in [0.4, 0.5) is 5.69 Å². The Labute approximate surface area is 165 Å². The number of hydrogen-bond acceptors (Lipinski definition) is 2. The van der Waals surface area contributed by atoms with Crippen molar-refractivity contribution in [2.45, 2.75) is 71.6 Å². The van der Waals surface area contributed by atoms with E-state index >= 15 is 0 Å². The van der Waals surface area contributed by atoms with Crippen molar-refractivity contribution in [2.75, 3.05) is 6.61 Å². The maximum absolute atomic E-state index is 5.75. The van der Waals surface area contributed by atoms with Crippen LogP contribution < -0.4 is 4.74 Å². The second-order valence-electron chi connectivity index (χ2n) is 7.21. The zero-order valence-corrected chi connectivity index (χ0v) is 17.1. The quantitative estimate of drug-likeness (QED) is 0.266. The normalized spacial score (nSPS) is 11.2. The lowest BCUT2D eigenvalue weighted by Gasteiger charge is -2.05. The van der Waals surface area contributed by atoms with Gasteiger partial charge in [-0.15, -0.1) is 0 Å². The fourth-order valence-electron chi connectivity index (χ4n) is 3.02. The highest BCUT2D eigenvalue weighted by Crippen LogP contribution is 2.17. The van der Waals surface area contributed by atoms with Crippen molar-refractivity contribution in [1.29, 1.82) is 0 Å². The van der Waals surface area contributed by atoms with Crippen LogP contribution >= 0.6 is 0 Å². The molecule has 0 aliphatic rings. The molecule has 0 spiro atoms. The minimum Gasteiger partial charge on any atom is -0.494 e. The van der Waals surface area contributed by atoms with Gasteiger partial charge in [-0.1, -0.05) is 64.5 Å². The Balaban J connectivity index is 1.76. The van der Waals surface area contributed by atoms with Crippen molar-refractivity contribution in [1.82, 2.24) is 0 Å². The van der Waals surface area contributed by atoms with Crippen molar-refractivity contribution in [3.8, 4) is 5.75 Å². The summed E-state index contributed by atoms with van der Waals surface area (Å²) < 4.78 is 5.75. The molecular weight excluding hydrogens is 330 g/mol. The summed E-state index contributed by atoms with van der Waals surface area (Å²) in [5, 5.41) is 0. The molecule has 0 atom stereocenters. The summed E-state index contributed by atoms with van der Waals surface area (Å²) in [5.41, 5.74) is 3.51. The number of nitrogens with zero attached hydrogens (tertiary/aromatic N) is 1. The van der Waals surface area contributed by atoms with Crippen LogP contribution in [0.5, 0.6) is 5.75 Å². The number of aryl methyl sites for hydroxylation is 1. The monoisotopic (exact) mass is 365 g/mol. The average Bonchev–Trinajstić information content (AvgIpc) is 2.71. The number of hydrogen-bond donors (Lipinski definition) is 0. The van der Waals surface area contributed by atoms with Crippen LogP contribution in [0.1, 0.15) is 76.3 Å². The van der Waals surface area contributed by atoms with Gasteiger partial charge in [-0.25, -0.2) is 0 Å². The topological polar surface area (TPSA) is 21.6 Å². The summed E-state index contributed by atoms with van der Waals surface area (Å²) in [6.45, 7) is 5.26. The molecule has 0 fully saturated rings. The molecule has 0 radical (unpaired) electrons. The molecule has 2 aromatic rings. The van der Waals surface area contributed by atoms with Crippen molar-refractivity contribution in [3.63, 3.8) is 0 Å². The molecule has 0 aliphatic heterocycles. The van der Waals surface area contributed by atoms with E-state index in [1.54, 1.807) is 0 Å². The van der Waals surface area contributed by atoms with E-state index in [1.165, 1.54) is 56.9 Å². The van der Waals surface area contributed by atoms with Crippen LogP contribution in [0, 0.1) is 0 Å². The molecule has 0 unspecified atom stereocenters. The highest BCUT2D eigenvalue weighted by molar-refractivity contribution is 5.82. The van der Waals surface area contributed by atoms with Gasteiger partial charge in [0.25, 0.3) is 0 Å². The predicted molar refractivity (Wildman–Crippen MR) is 118 cm³/mol. The van der Waals surface area contributed by atoms with E-state index in [0.29, 0.717) is 0 Å². The number of aliphatic imine (C=N–C) groups is 1. The molecule has 0 aromatic heterocycles. The van der Waals surface area contributed by atoms with Gasteiger partial charge in [0.2, 0.25) is 0 Å². The van der Waals surface area contributed by atoms with Crippen LogP contribution in [0.15, 0.2) is 53.5 Å². The van der Waals surface area contributed by atoms with E-state index < -0.39 is 0 Å². The van der Waals surface area contributed by atoms with E-state index in [2.05, 4.69) is 55.2 Å². The molecule has 2 nitrogen and oxygen atoms in total. The van der Waals surface area contributed by atoms with E-state index in [-0.39, 0.29) is 0 Å². The zero-order valence-electron chi connectivity index (χ0n) is 17.1. The maximum Gasteiger partial charge on any atom is 0.119 e. The van der Waals surface area contributed by atoms with Gasteiger partial charge in [0, 0.05) is 6.21 Å². The van der Waals surface area contributed by atoms with Crippen molar-refractivity contribution in [2.24, 2.45) is 4.99 Å². The third kappa shape index (κ3) is 8.90. The Morgan fingerprint density at radius 1 is 0.741 bits per heavy atom. The molecule has 0 saturated carbocycles. The van der Waals surface area contributed by atoms with Gasteiger partial charge in [0.05, 0.1) is 12.3 Å². The minimum atomic E-state index is 0.798. The fourth-order valence-corrected chi connectivity index (χ4v) is 3.02. The van der Waals surface area contributed by atoms with Gasteiger partial charge >= 0.3 is 0 Å². The molecular formula is C25H35NO. The van der Waals surface area contributed by atoms with E-state index in [1.807, 2.05) is 18.3 Å². The highest BCUT2D eigenvalue weighted by atomic mass is 16.5. The Hall–Kier alpha value is -2.09. The summed E-state index contributed by atoms with van der Waals surface area (Å²) >= 11 is 0. The van der Waals surface area contributed by atoms with E-state index in [4.69, 9.17) is 4.74 Å². The summed E-state index contributed by atoms with van der Waals surface area (Å²) in [6, 6.07) is 16.8. The number of unbranched alkanes of at least 4 members (excludes halogenated alkanes) is 6. The average molecular weight is 366 g/mol. The molecule has 2 rings (SSSR count). The fraction of sp³-hybridized carbons (Fsp3) is 0.480. The van der Waals surface area contributed by atoms with Crippen LogP contribution in [-0.4, -0.2) is 12.8 Å². The number of benzene rings is 2. The molecule has 0 aliphatic carbocycles. The summed E-state index contributed by atoms with van der Waals surface area (Å²) in [5.74, 6) is 0.937. The summed E-state index contributed by atoms with van der Waals surface area (Å²) in [7, 11) is 0. The van der Waals surface area contributed by atoms with Gasteiger partial charge in [0.15, 0.2) is 0 Å². The molecule has 2 aromatic carbocycles. The first kappa shape index (κ1) is 21.2. The minimum absolute atomic E-state index is 0.798. The lowest BCUT2D eigenvalue weighted by molar-refractivity contribution is 0.306. The Morgan fingerprint density at radius 3 is 2.11 bits per heavy atom. The van der Waals surface area contributed by atoms with Crippen molar-refractivity contribution in [3.05, 3.63) is 59.7 Å². The van der Waals surface area contributed by atoms with Crippen LogP contribution in [0.3, 0.4) is 0 Å². The molecule has 0 amide bonds. The second-order valence-corrected chi connectivity index (χ2v) is 7.21. The van der Waals surface area contributed by atoms with Gasteiger partial charge in [-0.3, -0.25) is 4.99 Å².